The quantitative estimate of drug-likeness (QED) is 0.395. The lowest BCUT2D eigenvalue weighted by Gasteiger charge is -2.32. The van der Waals surface area contributed by atoms with Crippen LogP contribution in [0.5, 0.6) is 0 Å². The van der Waals surface area contributed by atoms with E-state index in [0.29, 0.717) is 11.2 Å². The highest BCUT2D eigenvalue weighted by Gasteiger charge is 2.29. The number of carbonyl (C=O) groups excluding carboxylic acids is 1. The Morgan fingerprint density at radius 2 is 1.83 bits per heavy atom. The third-order valence-corrected chi connectivity index (χ3v) is 2.92. The maximum absolute atomic E-state index is 11.4. The first-order valence-corrected chi connectivity index (χ1v) is 5.91. The van der Waals surface area contributed by atoms with Crippen LogP contribution in [0, 0.1) is 0 Å². The summed E-state index contributed by atoms with van der Waals surface area (Å²) in [5.74, 6) is -0.371. The normalized spacial score (nSPS) is 10.3. The van der Waals surface area contributed by atoms with Crippen molar-refractivity contribution in [2.45, 2.75) is 20.4 Å². The summed E-state index contributed by atoms with van der Waals surface area (Å²) in [6.45, 7) is 9.64. The number of benzene rings is 1. The van der Waals surface area contributed by atoms with Crippen LogP contribution in [-0.2, 0) is 16.2 Å². The number of nitrogens with zero attached hydrogens (tertiary/aromatic N) is 1. The van der Waals surface area contributed by atoms with E-state index in [1.54, 1.807) is 0 Å². The van der Waals surface area contributed by atoms with Crippen molar-refractivity contribution in [1.29, 1.82) is 0 Å². The van der Waals surface area contributed by atoms with Crippen LogP contribution in [0.1, 0.15) is 19.4 Å². The van der Waals surface area contributed by atoms with E-state index < -0.39 is 0 Å². The molecule has 4 heteroatoms. The van der Waals surface area contributed by atoms with E-state index in [2.05, 4.69) is 6.58 Å². The van der Waals surface area contributed by atoms with Crippen LogP contribution in [0.15, 0.2) is 43.0 Å². The molecule has 0 aliphatic heterocycles. The number of quaternary nitrogens is 1. The molecule has 0 atom stereocenters. The Kier molecular flexibility index (Phi) is 6.90. The minimum absolute atomic E-state index is 0. The molecule has 0 aliphatic carbocycles. The summed E-state index contributed by atoms with van der Waals surface area (Å²) in [5.41, 5.74) is 1.16. The lowest BCUT2D eigenvalue weighted by Crippen LogP contribution is -3.00. The highest BCUT2D eigenvalue weighted by molar-refractivity contribution is 5.80. The molecule has 1 rings (SSSR count). The zero-order valence-electron chi connectivity index (χ0n) is 10.9. The Morgan fingerprint density at radius 1 is 1.28 bits per heavy atom. The average Bonchev–Trinajstić information content (AvgIpc) is 2.39. The molecule has 0 saturated carbocycles. The van der Waals surface area contributed by atoms with E-state index in [9.17, 15) is 4.79 Å². The Morgan fingerprint density at radius 3 is 2.28 bits per heavy atom. The molecule has 0 bridgehead atoms. The van der Waals surface area contributed by atoms with Gasteiger partial charge in [0.2, 0.25) is 0 Å². The van der Waals surface area contributed by atoms with Crippen molar-refractivity contribution in [2.24, 2.45) is 0 Å². The summed E-state index contributed by atoms with van der Waals surface area (Å²) >= 11 is 0. The maximum atomic E-state index is 11.4. The van der Waals surface area contributed by atoms with Crippen LogP contribution in [0.4, 0.5) is 0 Å². The SMILES string of the molecule is C=CC(=O)O[N+](CC)(CC)Cc1ccccc1.[F-]. The Balaban J connectivity index is 0.00000289. The second-order valence-corrected chi connectivity index (χ2v) is 3.95. The largest absolute Gasteiger partial charge is 1.00 e. The molecule has 18 heavy (non-hydrogen) atoms. The fourth-order valence-corrected chi connectivity index (χ4v) is 1.75. The molecule has 0 aromatic heterocycles. The summed E-state index contributed by atoms with van der Waals surface area (Å²) < 4.78 is 0.300. The van der Waals surface area contributed by atoms with Crippen LogP contribution in [0.2, 0.25) is 0 Å². The molecule has 0 heterocycles. The Hall–Kier alpha value is -1.68. The van der Waals surface area contributed by atoms with E-state index in [1.165, 1.54) is 6.08 Å². The second kappa shape index (κ2) is 7.61. The first kappa shape index (κ1) is 16.3. The molecule has 0 N–H and O–H groups in total. The van der Waals surface area contributed by atoms with Gasteiger partial charge in [-0.15, -0.1) is 4.65 Å². The van der Waals surface area contributed by atoms with Crippen molar-refractivity contribution in [3.05, 3.63) is 48.6 Å². The molecule has 0 aliphatic rings. The van der Waals surface area contributed by atoms with E-state index in [1.807, 2.05) is 44.2 Å². The fourth-order valence-electron chi connectivity index (χ4n) is 1.75. The summed E-state index contributed by atoms with van der Waals surface area (Å²) in [4.78, 5) is 16.8. The molecule has 0 unspecified atom stereocenters. The van der Waals surface area contributed by atoms with Gasteiger partial charge in [-0.2, -0.15) is 0 Å². The topological polar surface area (TPSA) is 26.3 Å². The lowest BCUT2D eigenvalue weighted by atomic mass is 10.2. The van der Waals surface area contributed by atoms with Gasteiger partial charge < -0.3 is 4.70 Å². The van der Waals surface area contributed by atoms with Crippen molar-refractivity contribution in [3.8, 4) is 0 Å². The zero-order valence-corrected chi connectivity index (χ0v) is 10.9. The summed E-state index contributed by atoms with van der Waals surface area (Å²) in [5, 5.41) is 0. The van der Waals surface area contributed by atoms with Crippen LogP contribution in [-0.4, -0.2) is 23.7 Å². The van der Waals surface area contributed by atoms with Crippen LogP contribution < -0.4 is 4.70 Å². The molecular formula is C14H20FNO2. The number of hydrogen-bond acceptors (Lipinski definition) is 2. The molecule has 1 aromatic carbocycles. The average molecular weight is 253 g/mol. The van der Waals surface area contributed by atoms with Crippen LogP contribution in [0.25, 0.3) is 0 Å². The van der Waals surface area contributed by atoms with Crippen molar-refractivity contribution in [1.82, 2.24) is 0 Å². The first-order chi connectivity index (χ1) is 8.15. The van der Waals surface area contributed by atoms with E-state index in [-0.39, 0.29) is 10.7 Å². The third kappa shape index (κ3) is 4.30. The number of rotatable bonds is 6. The Bertz CT molecular complexity index is 375. The summed E-state index contributed by atoms with van der Waals surface area (Å²) in [6.07, 6.45) is 1.21. The molecule has 0 spiro atoms. The first-order valence-electron chi connectivity index (χ1n) is 5.91. The van der Waals surface area contributed by atoms with Gasteiger partial charge in [0, 0.05) is 11.6 Å². The smallest absolute Gasteiger partial charge is 0.389 e. The second-order valence-electron chi connectivity index (χ2n) is 3.95. The molecule has 0 amide bonds. The van der Waals surface area contributed by atoms with Gasteiger partial charge in [0.05, 0.1) is 0 Å². The summed E-state index contributed by atoms with van der Waals surface area (Å²) in [7, 11) is 0. The zero-order chi connectivity index (χ0) is 12.7. The number of hydroxylamine groups is 3. The minimum atomic E-state index is -0.371. The van der Waals surface area contributed by atoms with Gasteiger partial charge in [-0.25, -0.2) is 4.79 Å². The highest BCUT2D eigenvalue weighted by atomic mass is 19.0. The van der Waals surface area contributed by atoms with Gasteiger partial charge in [0.25, 0.3) is 0 Å². The molecule has 0 fully saturated rings. The maximum Gasteiger partial charge on any atom is 0.389 e. The predicted molar refractivity (Wildman–Crippen MR) is 67.8 cm³/mol. The van der Waals surface area contributed by atoms with Gasteiger partial charge in [-0.05, 0) is 13.8 Å². The van der Waals surface area contributed by atoms with Crippen molar-refractivity contribution in [2.75, 3.05) is 13.1 Å². The molecule has 0 radical (unpaired) electrons. The van der Waals surface area contributed by atoms with Gasteiger partial charge in [-0.3, -0.25) is 4.84 Å². The molecule has 100 valence electrons. The van der Waals surface area contributed by atoms with E-state index in [0.717, 1.165) is 18.7 Å². The number of hydrogen-bond donors (Lipinski definition) is 0. The Labute approximate surface area is 108 Å². The van der Waals surface area contributed by atoms with Gasteiger partial charge in [0.1, 0.15) is 19.6 Å². The van der Waals surface area contributed by atoms with E-state index in [4.69, 9.17) is 4.84 Å². The molecular weight excluding hydrogens is 233 g/mol. The van der Waals surface area contributed by atoms with Crippen LogP contribution in [0.3, 0.4) is 0 Å². The van der Waals surface area contributed by atoms with Gasteiger partial charge in [0.15, 0.2) is 0 Å². The van der Waals surface area contributed by atoms with Crippen LogP contribution >= 0.6 is 0 Å². The van der Waals surface area contributed by atoms with E-state index >= 15 is 0 Å². The highest BCUT2D eigenvalue weighted by Crippen LogP contribution is 2.15. The number of carbonyl (C=O) groups is 1. The fraction of sp³-hybridized carbons (Fsp3) is 0.357. The summed E-state index contributed by atoms with van der Waals surface area (Å²) in [6, 6.07) is 10.0. The molecule has 0 saturated heterocycles. The van der Waals surface area contributed by atoms with Crippen molar-refractivity contribution < 1.29 is 19.0 Å². The monoisotopic (exact) mass is 253 g/mol. The lowest BCUT2D eigenvalue weighted by molar-refractivity contribution is -1.10. The van der Waals surface area contributed by atoms with Crippen molar-refractivity contribution in [3.63, 3.8) is 0 Å². The van der Waals surface area contributed by atoms with Crippen molar-refractivity contribution >= 4 is 5.97 Å². The molecule has 1 aromatic rings. The van der Waals surface area contributed by atoms with Gasteiger partial charge >= 0.3 is 5.97 Å². The number of halogens is 1. The molecule has 3 nitrogen and oxygen atoms in total. The third-order valence-electron chi connectivity index (χ3n) is 2.92. The minimum Gasteiger partial charge on any atom is -1.00 e. The predicted octanol–water partition coefficient (Wildman–Crippen LogP) is -0.309. The standard InChI is InChI=1S/C14H20NO2.FH/c1-4-14(16)17-15(5-2,6-3)12-13-10-8-7-9-11-13;/h4,7-11H,1,5-6,12H2,2-3H3;1H/q+1;/p-1. The van der Waals surface area contributed by atoms with Gasteiger partial charge in [-0.1, -0.05) is 36.9 Å².